The van der Waals surface area contributed by atoms with Gasteiger partial charge in [0.25, 0.3) is 5.91 Å². The lowest BCUT2D eigenvalue weighted by Gasteiger charge is -2.35. The maximum Gasteiger partial charge on any atom is 0.254 e. The monoisotopic (exact) mass is 555 g/mol. The molecule has 4 aromatic rings. The number of amides is 2. The van der Waals surface area contributed by atoms with Gasteiger partial charge in [0, 0.05) is 63.6 Å². The zero-order valence-corrected chi connectivity index (χ0v) is 23.7. The van der Waals surface area contributed by atoms with Gasteiger partial charge in [-0.3, -0.25) is 14.5 Å². The number of nitrogens with zero attached hydrogens (tertiary/aromatic N) is 5. The lowest BCUT2D eigenvalue weighted by molar-refractivity contribution is -0.118. The summed E-state index contributed by atoms with van der Waals surface area (Å²) in [5.74, 6) is 1.59. The van der Waals surface area contributed by atoms with Crippen LogP contribution in [-0.2, 0) is 11.2 Å². The normalized spacial score (nSPS) is 13.8. The van der Waals surface area contributed by atoms with Crippen molar-refractivity contribution in [2.45, 2.75) is 19.8 Å². The van der Waals surface area contributed by atoms with Gasteiger partial charge in [-0.05, 0) is 55.3 Å². The highest BCUT2D eigenvalue weighted by Gasteiger charge is 2.23. The van der Waals surface area contributed by atoms with E-state index in [0.717, 1.165) is 54.9 Å². The van der Waals surface area contributed by atoms with Gasteiger partial charge in [0.15, 0.2) is 0 Å². The van der Waals surface area contributed by atoms with Crippen molar-refractivity contribution in [2.75, 3.05) is 57.8 Å². The second-order valence-electron chi connectivity index (χ2n) is 10.2. The fourth-order valence-corrected chi connectivity index (χ4v) is 5.34. The fraction of sp³-hybridized carbons (Fsp3) is 0.355. The maximum atomic E-state index is 13.5. The number of piperazine rings is 1. The van der Waals surface area contributed by atoms with Crippen LogP contribution < -0.4 is 15.0 Å². The number of benzene rings is 2. The van der Waals surface area contributed by atoms with Gasteiger partial charge in [-0.2, -0.15) is 0 Å². The Bertz CT molecular complexity index is 1480. The highest BCUT2D eigenvalue weighted by molar-refractivity contribution is 5.96. The summed E-state index contributed by atoms with van der Waals surface area (Å²) < 4.78 is 5.48. The van der Waals surface area contributed by atoms with Crippen LogP contribution in [0.1, 0.15) is 29.3 Å². The molecule has 1 aliphatic heterocycles. The summed E-state index contributed by atoms with van der Waals surface area (Å²) in [5.41, 5.74) is 3.43. The Morgan fingerprint density at radius 2 is 1.88 bits per heavy atom. The average molecular weight is 556 g/mol. The molecule has 214 valence electrons. The summed E-state index contributed by atoms with van der Waals surface area (Å²) in [6, 6.07) is 17.7. The first kappa shape index (κ1) is 28.1. The molecule has 2 aromatic carbocycles. The molecule has 2 aromatic heterocycles. The number of carbonyl (C=O) groups is 2. The molecule has 3 heterocycles. The molecule has 2 amide bonds. The maximum absolute atomic E-state index is 13.5. The predicted octanol–water partition coefficient (Wildman–Crippen LogP) is 3.63. The number of rotatable bonds is 11. The predicted molar refractivity (Wildman–Crippen MR) is 160 cm³/mol. The number of ether oxygens (including phenoxy) is 1. The summed E-state index contributed by atoms with van der Waals surface area (Å²) in [5, 5.41) is 3.73. The summed E-state index contributed by atoms with van der Waals surface area (Å²) in [6.07, 6.45) is 5.36. The van der Waals surface area contributed by atoms with Gasteiger partial charge < -0.3 is 24.8 Å². The zero-order valence-electron chi connectivity index (χ0n) is 23.7. The SMILES string of the molecule is COc1ccccc1CCCN1CCN(C(=O)c2cccc(N(CCNC(C)=O)c3ncnc4[nH]ccc34)c2)CC1. The van der Waals surface area contributed by atoms with Gasteiger partial charge in [-0.1, -0.05) is 24.3 Å². The van der Waals surface area contributed by atoms with Crippen molar-refractivity contribution in [1.29, 1.82) is 0 Å². The van der Waals surface area contributed by atoms with E-state index in [1.807, 2.05) is 64.5 Å². The Morgan fingerprint density at radius 3 is 2.68 bits per heavy atom. The standard InChI is InChI=1S/C31H37N7O3/c1-23(39)32-14-16-38(30-27-12-13-33-29(27)34-22-35-30)26-10-5-8-25(21-26)31(40)37-19-17-36(18-20-37)15-6-9-24-7-3-4-11-28(24)41-2/h3-5,7-8,10-13,21-22H,6,9,14-20H2,1-2H3,(H,32,39)(H,33,34,35). The fourth-order valence-electron chi connectivity index (χ4n) is 5.34. The minimum absolute atomic E-state index is 0.0248. The summed E-state index contributed by atoms with van der Waals surface area (Å²) >= 11 is 0. The largest absolute Gasteiger partial charge is 0.496 e. The molecule has 5 rings (SSSR count). The van der Waals surface area contributed by atoms with Crippen LogP contribution in [0.3, 0.4) is 0 Å². The molecule has 0 atom stereocenters. The van der Waals surface area contributed by atoms with Crippen LogP contribution in [0.4, 0.5) is 11.5 Å². The van der Waals surface area contributed by atoms with E-state index < -0.39 is 0 Å². The van der Waals surface area contributed by atoms with Crippen molar-refractivity contribution in [3.8, 4) is 5.75 Å². The van der Waals surface area contributed by atoms with Crippen molar-refractivity contribution < 1.29 is 14.3 Å². The van der Waals surface area contributed by atoms with E-state index >= 15 is 0 Å². The molecule has 0 spiro atoms. The molecule has 1 saturated heterocycles. The number of aryl methyl sites for hydroxylation is 1. The third-order valence-corrected chi connectivity index (χ3v) is 7.48. The van der Waals surface area contributed by atoms with Crippen LogP contribution in [0.5, 0.6) is 5.75 Å². The summed E-state index contributed by atoms with van der Waals surface area (Å²) in [6.45, 7) is 6.51. The first-order chi connectivity index (χ1) is 20.0. The van der Waals surface area contributed by atoms with Gasteiger partial charge in [-0.25, -0.2) is 9.97 Å². The molecular formula is C31H37N7O3. The van der Waals surface area contributed by atoms with Gasteiger partial charge >= 0.3 is 0 Å². The van der Waals surface area contributed by atoms with Crippen LogP contribution in [0.15, 0.2) is 67.1 Å². The smallest absolute Gasteiger partial charge is 0.254 e. The number of aromatic amines is 1. The molecule has 1 fully saturated rings. The molecule has 0 bridgehead atoms. The number of fused-ring (bicyclic) bond motifs is 1. The van der Waals surface area contributed by atoms with E-state index in [0.29, 0.717) is 37.6 Å². The van der Waals surface area contributed by atoms with E-state index in [9.17, 15) is 9.59 Å². The second kappa shape index (κ2) is 13.3. The van der Waals surface area contributed by atoms with Crippen molar-refractivity contribution in [3.63, 3.8) is 0 Å². The lowest BCUT2D eigenvalue weighted by atomic mass is 10.1. The Morgan fingerprint density at radius 1 is 1.05 bits per heavy atom. The van der Waals surface area contributed by atoms with E-state index in [2.05, 4.69) is 31.2 Å². The van der Waals surface area contributed by atoms with Crippen LogP contribution in [-0.4, -0.2) is 89.5 Å². The van der Waals surface area contributed by atoms with E-state index in [4.69, 9.17) is 4.74 Å². The molecule has 10 heteroatoms. The molecule has 2 N–H and O–H groups in total. The number of anilines is 2. The number of aromatic nitrogens is 3. The van der Waals surface area contributed by atoms with Gasteiger partial charge in [0.1, 0.15) is 23.5 Å². The number of para-hydroxylation sites is 1. The quantitative estimate of drug-likeness (QED) is 0.291. The third-order valence-electron chi connectivity index (χ3n) is 7.48. The molecule has 10 nitrogen and oxygen atoms in total. The minimum Gasteiger partial charge on any atom is -0.496 e. The van der Waals surface area contributed by atoms with Crippen LogP contribution in [0, 0.1) is 0 Å². The number of nitrogens with one attached hydrogen (secondary N) is 2. The van der Waals surface area contributed by atoms with Crippen molar-refractivity contribution in [3.05, 3.63) is 78.2 Å². The topological polar surface area (TPSA) is 107 Å². The second-order valence-corrected chi connectivity index (χ2v) is 10.2. The van der Waals surface area contributed by atoms with Gasteiger partial charge in [-0.15, -0.1) is 0 Å². The van der Waals surface area contributed by atoms with E-state index in [1.54, 1.807) is 7.11 Å². The summed E-state index contributed by atoms with van der Waals surface area (Å²) in [7, 11) is 1.71. The number of carbonyl (C=O) groups excluding carboxylic acids is 2. The average Bonchev–Trinajstić information content (AvgIpc) is 3.49. The number of methoxy groups -OCH3 is 1. The molecule has 41 heavy (non-hydrogen) atoms. The zero-order chi connectivity index (χ0) is 28.6. The first-order valence-electron chi connectivity index (χ1n) is 14.1. The van der Waals surface area contributed by atoms with Crippen LogP contribution >= 0.6 is 0 Å². The van der Waals surface area contributed by atoms with Gasteiger partial charge in [0.2, 0.25) is 5.91 Å². The highest BCUT2D eigenvalue weighted by atomic mass is 16.5. The molecule has 0 radical (unpaired) electrons. The molecule has 1 aliphatic rings. The molecular weight excluding hydrogens is 518 g/mol. The van der Waals surface area contributed by atoms with E-state index in [1.165, 1.54) is 18.8 Å². The minimum atomic E-state index is -0.0951. The van der Waals surface area contributed by atoms with Crippen LogP contribution in [0.2, 0.25) is 0 Å². The van der Waals surface area contributed by atoms with Crippen molar-refractivity contribution in [2.24, 2.45) is 0 Å². The molecule has 0 aliphatic carbocycles. The Balaban J connectivity index is 1.23. The van der Waals surface area contributed by atoms with Crippen molar-refractivity contribution >= 4 is 34.4 Å². The third kappa shape index (κ3) is 6.83. The summed E-state index contributed by atoms with van der Waals surface area (Å²) in [4.78, 5) is 43.5. The first-order valence-corrected chi connectivity index (χ1v) is 14.1. The lowest BCUT2D eigenvalue weighted by Crippen LogP contribution is -2.48. The van der Waals surface area contributed by atoms with Crippen molar-refractivity contribution in [1.82, 2.24) is 30.1 Å². The number of H-pyrrole nitrogens is 1. The Labute approximate surface area is 240 Å². The Kier molecular flexibility index (Phi) is 9.10. The highest BCUT2D eigenvalue weighted by Crippen LogP contribution is 2.30. The Hall–Kier alpha value is -4.44. The van der Waals surface area contributed by atoms with Gasteiger partial charge in [0.05, 0.1) is 12.5 Å². The number of hydrogen-bond acceptors (Lipinski definition) is 7. The number of hydrogen-bond donors (Lipinski definition) is 2. The molecule has 0 unspecified atom stereocenters. The van der Waals surface area contributed by atoms with E-state index in [-0.39, 0.29) is 11.8 Å². The van der Waals surface area contributed by atoms with Crippen LogP contribution in [0.25, 0.3) is 11.0 Å². The molecule has 0 saturated carbocycles.